The molecule has 0 amide bonds. The van der Waals surface area contributed by atoms with E-state index in [4.69, 9.17) is 13.1 Å². The van der Waals surface area contributed by atoms with E-state index in [2.05, 4.69) is 5.16 Å². The molecule has 0 bridgehead atoms. The minimum atomic E-state index is -0.390. The zero-order chi connectivity index (χ0) is 10.1. The highest BCUT2D eigenvalue weighted by Crippen LogP contribution is 2.33. The van der Waals surface area contributed by atoms with Crippen LogP contribution in [0.15, 0.2) is 23.4 Å². The standard InChI is InChI=1S/C10H9BFNO/c11-7-3-4-9(12)8(5-7)10(13-14)6-1-2-6/h3-6,14H,1-2H2/b13-10+. The van der Waals surface area contributed by atoms with Crippen LogP contribution in [0.2, 0.25) is 0 Å². The van der Waals surface area contributed by atoms with Crippen molar-refractivity contribution in [2.24, 2.45) is 11.1 Å². The molecule has 1 aromatic rings. The second kappa shape index (κ2) is 3.44. The van der Waals surface area contributed by atoms with Gasteiger partial charge in [-0.25, -0.2) is 4.39 Å². The van der Waals surface area contributed by atoms with E-state index in [0.717, 1.165) is 12.8 Å². The summed E-state index contributed by atoms with van der Waals surface area (Å²) in [5.41, 5.74) is 1.20. The Bertz CT molecular complexity index is 388. The van der Waals surface area contributed by atoms with Gasteiger partial charge in [0.15, 0.2) is 0 Å². The Balaban J connectivity index is 2.42. The summed E-state index contributed by atoms with van der Waals surface area (Å²) in [6.45, 7) is 0. The van der Waals surface area contributed by atoms with Crippen LogP contribution in [0, 0.1) is 11.7 Å². The van der Waals surface area contributed by atoms with E-state index in [-0.39, 0.29) is 11.7 Å². The van der Waals surface area contributed by atoms with Gasteiger partial charge in [0, 0.05) is 11.5 Å². The van der Waals surface area contributed by atoms with Crippen molar-refractivity contribution in [2.45, 2.75) is 12.8 Å². The molecule has 1 aliphatic carbocycles. The minimum Gasteiger partial charge on any atom is -0.411 e. The third kappa shape index (κ3) is 1.64. The second-order valence-electron chi connectivity index (χ2n) is 3.50. The zero-order valence-corrected chi connectivity index (χ0v) is 7.57. The summed E-state index contributed by atoms with van der Waals surface area (Å²) in [6.07, 6.45) is 1.90. The summed E-state index contributed by atoms with van der Waals surface area (Å²) < 4.78 is 13.3. The van der Waals surface area contributed by atoms with Crippen LogP contribution >= 0.6 is 0 Å². The van der Waals surface area contributed by atoms with Crippen LogP contribution in [0.4, 0.5) is 4.39 Å². The molecule has 2 nitrogen and oxygen atoms in total. The molecule has 0 aliphatic heterocycles. The molecule has 0 heterocycles. The second-order valence-corrected chi connectivity index (χ2v) is 3.50. The van der Waals surface area contributed by atoms with Gasteiger partial charge < -0.3 is 5.21 Å². The topological polar surface area (TPSA) is 32.6 Å². The van der Waals surface area contributed by atoms with E-state index in [1.165, 1.54) is 18.2 Å². The van der Waals surface area contributed by atoms with E-state index in [1.54, 1.807) is 0 Å². The number of hydrogen-bond donors (Lipinski definition) is 1. The third-order valence-corrected chi connectivity index (χ3v) is 2.34. The van der Waals surface area contributed by atoms with Crippen molar-refractivity contribution < 1.29 is 9.60 Å². The van der Waals surface area contributed by atoms with Gasteiger partial charge >= 0.3 is 0 Å². The van der Waals surface area contributed by atoms with Gasteiger partial charge in [-0.3, -0.25) is 0 Å². The highest BCUT2D eigenvalue weighted by molar-refractivity contribution is 6.32. The largest absolute Gasteiger partial charge is 0.411 e. The monoisotopic (exact) mass is 189 g/mol. The highest BCUT2D eigenvalue weighted by Gasteiger charge is 2.30. The summed E-state index contributed by atoms with van der Waals surface area (Å²) in [6, 6.07) is 4.28. The smallest absolute Gasteiger partial charge is 0.132 e. The molecule has 0 aromatic heterocycles. The molecular formula is C10H9BFNO. The lowest BCUT2D eigenvalue weighted by Crippen LogP contribution is -2.12. The van der Waals surface area contributed by atoms with Crippen molar-refractivity contribution in [1.82, 2.24) is 0 Å². The van der Waals surface area contributed by atoms with Gasteiger partial charge in [0.1, 0.15) is 13.7 Å². The Labute approximate surface area is 82.8 Å². The normalized spacial score (nSPS) is 17.1. The maximum Gasteiger partial charge on any atom is 0.132 e. The van der Waals surface area contributed by atoms with E-state index in [1.807, 2.05) is 0 Å². The van der Waals surface area contributed by atoms with Crippen LogP contribution in [0.1, 0.15) is 18.4 Å². The summed E-state index contributed by atoms with van der Waals surface area (Å²) in [4.78, 5) is 0. The summed E-state index contributed by atoms with van der Waals surface area (Å²) in [5.74, 6) is -0.199. The molecule has 4 heteroatoms. The van der Waals surface area contributed by atoms with Crippen molar-refractivity contribution >= 4 is 19.0 Å². The molecule has 0 saturated heterocycles. The molecule has 0 unspecified atom stereocenters. The quantitative estimate of drug-likeness (QED) is 0.322. The molecule has 0 spiro atoms. The first-order valence-electron chi connectivity index (χ1n) is 4.49. The average Bonchev–Trinajstić information content (AvgIpc) is 2.96. The molecule has 1 saturated carbocycles. The Morgan fingerprint density at radius 1 is 1.50 bits per heavy atom. The molecule has 14 heavy (non-hydrogen) atoms. The van der Waals surface area contributed by atoms with E-state index in [0.29, 0.717) is 16.7 Å². The van der Waals surface area contributed by atoms with Crippen LogP contribution in [0.5, 0.6) is 0 Å². The fourth-order valence-electron chi connectivity index (χ4n) is 1.45. The lowest BCUT2D eigenvalue weighted by Gasteiger charge is -2.05. The minimum absolute atomic E-state index is 0.191. The van der Waals surface area contributed by atoms with Gasteiger partial charge in [-0.1, -0.05) is 22.8 Å². The lowest BCUT2D eigenvalue weighted by molar-refractivity contribution is 0.317. The number of halogens is 1. The van der Waals surface area contributed by atoms with Crippen LogP contribution in [-0.2, 0) is 0 Å². The summed E-state index contributed by atoms with van der Waals surface area (Å²) in [7, 11) is 5.54. The molecule has 2 radical (unpaired) electrons. The molecule has 70 valence electrons. The molecule has 1 aromatic carbocycles. The fraction of sp³-hybridized carbons (Fsp3) is 0.300. The molecule has 1 aliphatic rings. The van der Waals surface area contributed by atoms with E-state index in [9.17, 15) is 4.39 Å². The first kappa shape index (κ1) is 9.25. The maximum absolute atomic E-state index is 13.3. The highest BCUT2D eigenvalue weighted by atomic mass is 19.1. The summed E-state index contributed by atoms with van der Waals surface area (Å²) >= 11 is 0. The van der Waals surface area contributed by atoms with Crippen LogP contribution in [0.25, 0.3) is 0 Å². The zero-order valence-electron chi connectivity index (χ0n) is 7.57. The van der Waals surface area contributed by atoms with Gasteiger partial charge in [-0.05, 0) is 18.9 Å². The predicted octanol–water partition coefficient (Wildman–Crippen LogP) is 1.21. The van der Waals surface area contributed by atoms with E-state index >= 15 is 0 Å². The van der Waals surface area contributed by atoms with Crippen molar-refractivity contribution in [3.8, 4) is 0 Å². The first-order valence-corrected chi connectivity index (χ1v) is 4.49. The first-order chi connectivity index (χ1) is 6.72. The van der Waals surface area contributed by atoms with Gasteiger partial charge in [-0.15, -0.1) is 0 Å². The average molecular weight is 189 g/mol. The van der Waals surface area contributed by atoms with Crippen molar-refractivity contribution in [1.29, 1.82) is 0 Å². The third-order valence-electron chi connectivity index (χ3n) is 2.34. The number of benzene rings is 1. The van der Waals surface area contributed by atoms with Crippen LogP contribution < -0.4 is 5.46 Å². The van der Waals surface area contributed by atoms with Crippen LogP contribution in [0.3, 0.4) is 0 Å². The molecule has 1 N–H and O–H groups in total. The molecular weight excluding hydrogens is 180 g/mol. The fourth-order valence-corrected chi connectivity index (χ4v) is 1.45. The Morgan fingerprint density at radius 2 is 2.21 bits per heavy atom. The number of oxime groups is 1. The number of rotatable bonds is 2. The number of hydrogen-bond acceptors (Lipinski definition) is 2. The van der Waals surface area contributed by atoms with Gasteiger partial charge in [0.05, 0.1) is 5.71 Å². The molecule has 1 fully saturated rings. The van der Waals surface area contributed by atoms with Gasteiger partial charge in [0.2, 0.25) is 0 Å². The van der Waals surface area contributed by atoms with Crippen molar-refractivity contribution in [3.05, 3.63) is 29.6 Å². The SMILES string of the molecule is [B]c1ccc(F)c(/C(=N/O)C2CC2)c1. The van der Waals surface area contributed by atoms with E-state index < -0.39 is 0 Å². The molecule has 0 atom stereocenters. The Hall–Kier alpha value is -1.32. The lowest BCUT2D eigenvalue weighted by atomic mass is 9.92. The Kier molecular flexibility index (Phi) is 2.27. The Morgan fingerprint density at radius 3 is 2.79 bits per heavy atom. The number of nitrogens with zero attached hydrogens (tertiary/aromatic N) is 1. The van der Waals surface area contributed by atoms with Gasteiger partial charge in [-0.2, -0.15) is 0 Å². The predicted molar refractivity (Wildman–Crippen MR) is 52.8 cm³/mol. The molecule has 2 rings (SSSR count). The summed E-state index contributed by atoms with van der Waals surface area (Å²) in [5, 5.41) is 11.9. The maximum atomic E-state index is 13.3. The van der Waals surface area contributed by atoms with Gasteiger partial charge in [0.25, 0.3) is 0 Å². The van der Waals surface area contributed by atoms with Crippen molar-refractivity contribution in [2.75, 3.05) is 0 Å². The van der Waals surface area contributed by atoms with Crippen LogP contribution in [-0.4, -0.2) is 18.8 Å². The van der Waals surface area contributed by atoms with Crippen molar-refractivity contribution in [3.63, 3.8) is 0 Å².